The highest BCUT2D eigenvalue weighted by molar-refractivity contribution is 7.99. The van der Waals surface area contributed by atoms with Crippen LogP contribution in [0.2, 0.25) is 0 Å². The number of hydrogen-bond donors (Lipinski definition) is 3. The molecule has 0 aromatic heterocycles. The first kappa shape index (κ1) is 14.5. The Morgan fingerprint density at radius 2 is 2.16 bits per heavy atom. The third-order valence-corrected chi connectivity index (χ3v) is 4.98. The van der Waals surface area contributed by atoms with Crippen molar-refractivity contribution in [3.8, 4) is 0 Å². The van der Waals surface area contributed by atoms with Gasteiger partial charge < -0.3 is 20.4 Å². The molecule has 6 nitrogen and oxygen atoms in total. The molecule has 0 aromatic rings. The summed E-state index contributed by atoms with van der Waals surface area (Å²) < 4.78 is 0. The van der Waals surface area contributed by atoms with Crippen molar-refractivity contribution in [2.24, 2.45) is 0 Å². The summed E-state index contributed by atoms with van der Waals surface area (Å²) in [6, 6.07) is -1.29. The number of carbonyl (C=O) groups is 2. The van der Waals surface area contributed by atoms with E-state index in [2.05, 4.69) is 5.32 Å². The van der Waals surface area contributed by atoms with Crippen molar-refractivity contribution >= 4 is 23.8 Å². The number of carbonyl (C=O) groups excluding carboxylic acids is 1. The lowest BCUT2D eigenvalue weighted by Crippen LogP contribution is -2.47. The molecule has 7 heteroatoms. The van der Waals surface area contributed by atoms with Crippen molar-refractivity contribution in [3.05, 3.63) is 0 Å². The monoisotopic (exact) mass is 288 g/mol. The Labute approximate surface area is 116 Å². The molecule has 2 rings (SSSR count). The summed E-state index contributed by atoms with van der Waals surface area (Å²) in [5.41, 5.74) is 0. The number of aliphatic hydroxyl groups excluding tert-OH is 1. The number of β-amino-alcohol motifs (C(OH)–C–C–N with tert-alkyl or cyclic N) is 1. The maximum atomic E-state index is 12.0. The quantitative estimate of drug-likeness (QED) is 0.703. The van der Waals surface area contributed by atoms with Crippen molar-refractivity contribution in [1.82, 2.24) is 10.2 Å². The summed E-state index contributed by atoms with van der Waals surface area (Å²) in [6.07, 6.45) is 2.88. The molecule has 0 saturated carbocycles. The minimum absolute atomic E-state index is 0.0978. The zero-order valence-corrected chi connectivity index (χ0v) is 11.6. The molecule has 0 radical (unpaired) electrons. The predicted molar refractivity (Wildman–Crippen MR) is 72.2 cm³/mol. The molecule has 2 heterocycles. The van der Waals surface area contributed by atoms with Gasteiger partial charge in [-0.15, -0.1) is 0 Å². The average Bonchev–Trinajstić information content (AvgIpc) is 2.79. The second kappa shape index (κ2) is 6.47. The van der Waals surface area contributed by atoms with Crippen LogP contribution >= 0.6 is 11.8 Å². The molecule has 0 aromatic carbocycles. The van der Waals surface area contributed by atoms with Gasteiger partial charge in [-0.05, 0) is 18.6 Å². The normalized spacial score (nSPS) is 31.2. The molecule has 0 spiro atoms. The van der Waals surface area contributed by atoms with Gasteiger partial charge in [-0.2, -0.15) is 11.8 Å². The smallest absolute Gasteiger partial charge is 0.326 e. The van der Waals surface area contributed by atoms with E-state index >= 15 is 0 Å². The highest BCUT2D eigenvalue weighted by Gasteiger charge is 2.39. The van der Waals surface area contributed by atoms with Gasteiger partial charge in [0.05, 0.1) is 6.10 Å². The Morgan fingerprint density at radius 3 is 2.79 bits per heavy atom. The minimum Gasteiger partial charge on any atom is -0.480 e. The van der Waals surface area contributed by atoms with E-state index in [1.165, 1.54) is 17.7 Å². The van der Waals surface area contributed by atoms with Crippen LogP contribution in [-0.2, 0) is 4.79 Å². The van der Waals surface area contributed by atoms with E-state index in [1.807, 2.05) is 11.8 Å². The van der Waals surface area contributed by atoms with Gasteiger partial charge in [0.1, 0.15) is 6.04 Å². The Morgan fingerprint density at radius 1 is 1.37 bits per heavy atom. The van der Waals surface area contributed by atoms with Crippen molar-refractivity contribution in [2.45, 2.75) is 43.1 Å². The number of nitrogens with one attached hydrogen (secondary N) is 1. The van der Waals surface area contributed by atoms with Crippen LogP contribution < -0.4 is 5.32 Å². The summed E-state index contributed by atoms with van der Waals surface area (Å²) in [5.74, 6) is 0.0690. The van der Waals surface area contributed by atoms with Crippen LogP contribution in [0, 0.1) is 0 Å². The molecular weight excluding hydrogens is 268 g/mol. The van der Waals surface area contributed by atoms with Crippen LogP contribution in [0.5, 0.6) is 0 Å². The Kier molecular flexibility index (Phi) is 4.93. The molecule has 2 amide bonds. The number of aliphatic carboxylic acids is 1. The Balaban J connectivity index is 1.82. The van der Waals surface area contributed by atoms with E-state index in [-0.39, 0.29) is 19.0 Å². The first-order chi connectivity index (χ1) is 9.08. The van der Waals surface area contributed by atoms with Gasteiger partial charge >= 0.3 is 12.0 Å². The van der Waals surface area contributed by atoms with E-state index in [0.717, 1.165) is 12.2 Å². The van der Waals surface area contributed by atoms with Gasteiger partial charge in [-0.25, -0.2) is 9.59 Å². The SMILES string of the molecule is O=C(O)[C@@H]1CC(O)CN1C(=O)NCC1CCCCS1. The number of aliphatic hydroxyl groups is 1. The first-order valence-corrected chi connectivity index (χ1v) is 7.69. The molecule has 0 bridgehead atoms. The fourth-order valence-corrected chi connectivity index (χ4v) is 3.78. The van der Waals surface area contributed by atoms with Crippen LogP contribution in [-0.4, -0.2) is 63.4 Å². The first-order valence-electron chi connectivity index (χ1n) is 6.65. The van der Waals surface area contributed by atoms with Crippen molar-refractivity contribution < 1.29 is 19.8 Å². The lowest BCUT2D eigenvalue weighted by atomic mass is 10.2. The van der Waals surface area contributed by atoms with E-state index < -0.39 is 18.1 Å². The molecule has 2 aliphatic heterocycles. The van der Waals surface area contributed by atoms with Crippen LogP contribution in [0.25, 0.3) is 0 Å². The fraction of sp³-hybridized carbons (Fsp3) is 0.833. The summed E-state index contributed by atoms with van der Waals surface area (Å²) >= 11 is 1.86. The van der Waals surface area contributed by atoms with E-state index in [4.69, 9.17) is 5.11 Å². The number of amides is 2. The zero-order chi connectivity index (χ0) is 13.8. The number of carboxylic acid groups (broad SMARTS) is 1. The highest BCUT2D eigenvalue weighted by atomic mass is 32.2. The standard InChI is InChI=1S/C12H20N2O4S/c15-8-5-10(11(16)17)14(7-8)12(18)13-6-9-3-1-2-4-19-9/h8-10,15H,1-7H2,(H,13,18)(H,16,17)/t8?,9?,10-/m0/s1. The molecule has 2 saturated heterocycles. The average molecular weight is 288 g/mol. The van der Waals surface area contributed by atoms with Gasteiger partial charge in [0.25, 0.3) is 0 Å². The number of thioether (sulfide) groups is 1. The van der Waals surface area contributed by atoms with Gasteiger partial charge in [0.15, 0.2) is 0 Å². The van der Waals surface area contributed by atoms with Crippen LogP contribution in [0.3, 0.4) is 0 Å². The summed E-state index contributed by atoms with van der Waals surface area (Å²) in [4.78, 5) is 24.2. The lowest BCUT2D eigenvalue weighted by molar-refractivity contribution is -0.141. The van der Waals surface area contributed by atoms with Crippen LogP contribution in [0.4, 0.5) is 4.79 Å². The number of likely N-dealkylation sites (tertiary alicyclic amines) is 1. The minimum atomic E-state index is -1.06. The fourth-order valence-electron chi connectivity index (χ4n) is 2.54. The summed E-state index contributed by atoms with van der Waals surface area (Å²) in [7, 11) is 0. The van der Waals surface area contributed by atoms with Crippen LogP contribution in [0.1, 0.15) is 25.7 Å². The molecule has 3 atom stereocenters. The summed E-state index contributed by atoms with van der Waals surface area (Å²) in [6.45, 7) is 0.670. The molecular formula is C12H20N2O4S. The third-order valence-electron chi connectivity index (χ3n) is 3.58. The second-order valence-corrected chi connectivity index (χ2v) is 6.48. The highest BCUT2D eigenvalue weighted by Crippen LogP contribution is 2.24. The van der Waals surface area contributed by atoms with Gasteiger partial charge in [-0.3, -0.25) is 0 Å². The van der Waals surface area contributed by atoms with E-state index in [9.17, 15) is 14.7 Å². The third kappa shape index (κ3) is 3.76. The number of hydrogen-bond acceptors (Lipinski definition) is 4. The zero-order valence-electron chi connectivity index (χ0n) is 10.7. The molecule has 3 N–H and O–H groups in total. The molecule has 0 aliphatic carbocycles. The van der Waals surface area contributed by atoms with Gasteiger partial charge in [-0.1, -0.05) is 6.42 Å². The lowest BCUT2D eigenvalue weighted by Gasteiger charge is -2.25. The van der Waals surface area contributed by atoms with Crippen LogP contribution in [0.15, 0.2) is 0 Å². The predicted octanol–water partition coefficient (Wildman–Crippen LogP) is 0.502. The molecule has 19 heavy (non-hydrogen) atoms. The van der Waals surface area contributed by atoms with E-state index in [1.54, 1.807) is 0 Å². The number of nitrogens with zero attached hydrogens (tertiary/aromatic N) is 1. The molecule has 108 valence electrons. The number of urea groups is 1. The summed E-state index contributed by atoms with van der Waals surface area (Å²) in [5, 5.41) is 21.7. The topological polar surface area (TPSA) is 89.9 Å². The Bertz CT molecular complexity index is 347. The van der Waals surface area contributed by atoms with Gasteiger partial charge in [0.2, 0.25) is 0 Å². The maximum absolute atomic E-state index is 12.0. The maximum Gasteiger partial charge on any atom is 0.326 e. The van der Waals surface area contributed by atoms with Crippen molar-refractivity contribution in [2.75, 3.05) is 18.8 Å². The van der Waals surface area contributed by atoms with Gasteiger partial charge in [0, 0.05) is 24.8 Å². The molecule has 2 aliphatic rings. The van der Waals surface area contributed by atoms with E-state index in [0.29, 0.717) is 11.8 Å². The number of carboxylic acids is 1. The molecule has 2 unspecified atom stereocenters. The molecule has 2 fully saturated rings. The van der Waals surface area contributed by atoms with Crippen molar-refractivity contribution in [1.29, 1.82) is 0 Å². The number of rotatable bonds is 3. The Hall–Kier alpha value is -0.950. The van der Waals surface area contributed by atoms with Crippen molar-refractivity contribution in [3.63, 3.8) is 0 Å². The largest absolute Gasteiger partial charge is 0.480 e. The second-order valence-electron chi connectivity index (χ2n) is 5.07.